The van der Waals surface area contributed by atoms with E-state index in [1.165, 1.54) is 5.56 Å². The van der Waals surface area contributed by atoms with E-state index < -0.39 is 5.60 Å². The minimum Gasteiger partial charge on any atom is -0.491 e. The Morgan fingerprint density at radius 1 is 1.36 bits per heavy atom. The second kappa shape index (κ2) is 7.70. The number of methoxy groups -OCH3 is 1. The Labute approximate surface area is 148 Å². The van der Waals surface area contributed by atoms with Crippen LogP contribution in [-0.2, 0) is 16.0 Å². The molecule has 1 atom stereocenters. The third kappa shape index (κ3) is 4.39. The molecule has 2 aromatic rings. The SMILES string of the molecule is CO[C@]1(COc2ccc(C)cc2)CCCN(C(=O)Cc2cnc[nH]2)C1. The molecule has 0 aliphatic carbocycles. The molecule has 0 bridgehead atoms. The fraction of sp³-hybridized carbons (Fsp3) is 0.474. The van der Waals surface area contributed by atoms with Crippen molar-refractivity contribution < 1.29 is 14.3 Å². The molecule has 1 amide bonds. The van der Waals surface area contributed by atoms with Gasteiger partial charge in [-0.1, -0.05) is 17.7 Å². The van der Waals surface area contributed by atoms with Crippen molar-refractivity contribution in [2.75, 3.05) is 26.8 Å². The number of nitrogens with zero attached hydrogens (tertiary/aromatic N) is 2. The standard InChI is InChI=1S/C19H25N3O3/c1-15-4-6-17(7-5-15)25-13-19(24-2)8-3-9-22(12-19)18(23)10-16-11-20-14-21-16/h4-7,11,14H,3,8-10,12-13H2,1-2H3,(H,20,21)/t19-/m1/s1. The third-order valence-electron chi connectivity index (χ3n) is 4.74. The van der Waals surface area contributed by atoms with E-state index in [-0.39, 0.29) is 5.91 Å². The first-order valence-electron chi connectivity index (χ1n) is 8.60. The summed E-state index contributed by atoms with van der Waals surface area (Å²) in [5.41, 5.74) is 1.56. The monoisotopic (exact) mass is 343 g/mol. The number of carbonyl (C=O) groups excluding carboxylic acids is 1. The maximum atomic E-state index is 12.6. The first kappa shape index (κ1) is 17.5. The van der Waals surface area contributed by atoms with Crippen LogP contribution >= 0.6 is 0 Å². The molecule has 3 rings (SSSR count). The van der Waals surface area contributed by atoms with E-state index in [2.05, 4.69) is 9.97 Å². The van der Waals surface area contributed by atoms with Gasteiger partial charge in [0.1, 0.15) is 18.0 Å². The summed E-state index contributed by atoms with van der Waals surface area (Å²) in [5.74, 6) is 0.906. The number of imidazole rings is 1. The van der Waals surface area contributed by atoms with Crippen LogP contribution in [-0.4, -0.2) is 53.2 Å². The average molecular weight is 343 g/mol. The van der Waals surface area contributed by atoms with Gasteiger partial charge in [0.15, 0.2) is 0 Å². The number of aromatic nitrogens is 2. The van der Waals surface area contributed by atoms with Gasteiger partial charge >= 0.3 is 0 Å². The van der Waals surface area contributed by atoms with Gasteiger partial charge in [-0.3, -0.25) is 4.79 Å². The van der Waals surface area contributed by atoms with Crippen LogP contribution in [0.2, 0.25) is 0 Å². The van der Waals surface area contributed by atoms with E-state index in [1.807, 2.05) is 36.1 Å². The first-order valence-corrected chi connectivity index (χ1v) is 8.60. The summed E-state index contributed by atoms with van der Waals surface area (Å²) in [6.07, 6.45) is 5.39. The number of benzene rings is 1. The molecule has 1 aliphatic rings. The van der Waals surface area contributed by atoms with Crippen molar-refractivity contribution in [2.24, 2.45) is 0 Å². The quantitative estimate of drug-likeness (QED) is 0.874. The van der Waals surface area contributed by atoms with Crippen LogP contribution in [0.25, 0.3) is 0 Å². The highest BCUT2D eigenvalue weighted by molar-refractivity contribution is 5.78. The molecule has 0 spiro atoms. The number of carbonyl (C=O) groups is 1. The van der Waals surface area contributed by atoms with Crippen molar-refractivity contribution in [3.63, 3.8) is 0 Å². The fourth-order valence-corrected chi connectivity index (χ4v) is 3.16. The van der Waals surface area contributed by atoms with E-state index in [4.69, 9.17) is 9.47 Å². The van der Waals surface area contributed by atoms with E-state index in [1.54, 1.807) is 19.6 Å². The Morgan fingerprint density at radius 2 is 2.16 bits per heavy atom. The van der Waals surface area contributed by atoms with Crippen LogP contribution in [0.3, 0.4) is 0 Å². The number of nitrogens with one attached hydrogen (secondary N) is 1. The van der Waals surface area contributed by atoms with Crippen molar-refractivity contribution in [1.29, 1.82) is 0 Å². The van der Waals surface area contributed by atoms with Gasteiger partial charge in [0.2, 0.25) is 5.91 Å². The number of likely N-dealkylation sites (tertiary alicyclic amines) is 1. The van der Waals surface area contributed by atoms with Crippen LogP contribution in [0.1, 0.15) is 24.1 Å². The second-order valence-electron chi connectivity index (χ2n) is 6.66. The lowest BCUT2D eigenvalue weighted by atomic mass is 9.93. The molecule has 1 aliphatic heterocycles. The summed E-state index contributed by atoms with van der Waals surface area (Å²) < 4.78 is 11.8. The van der Waals surface area contributed by atoms with Gasteiger partial charge in [-0.25, -0.2) is 4.98 Å². The predicted octanol–water partition coefficient (Wildman–Crippen LogP) is 2.35. The topological polar surface area (TPSA) is 67.5 Å². The van der Waals surface area contributed by atoms with Crippen molar-refractivity contribution in [2.45, 2.75) is 31.8 Å². The normalized spacial score (nSPS) is 20.5. The Kier molecular flexibility index (Phi) is 5.38. The molecule has 25 heavy (non-hydrogen) atoms. The molecule has 1 aromatic carbocycles. The largest absolute Gasteiger partial charge is 0.491 e. The highest BCUT2D eigenvalue weighted by Gasteiger charge is 2.38. The summed E-state index contributed by atoms with van der Waals surface area (Å²) in [6, 6.07) is 7.97. The van der Waals surface area contributed by atoms with Gasteiger partial charge < -0.3 is 19.4 Å². The molecular weight excluding hydrogens is 318 g/mol. The van der Waals surface area contributed by atoms with Gasteiger partial charge in [0.05, 0.1) is 19.3 Å². The zero-order valence-electron chi connectivity index (χ0n) is 14.8. The van der Waals surface area contributed by atoms with Gasteiger partial charge in [-0.2, -0.15) is 0 Å². The zero-order valence-corrected chi connectivity index (χ0v) is 14.8. The molecular formula is C19H25N3O3. The average Bonchev–Trinajstić information content (AvgIpc) is 3.14. The lowest BCUT2D eigenvalue weighted by molar-refractivity contribution is -0.142. The minimum absolute atomic E-state index is 0.0840. The Bertz CT molecular complexity index is 684. The lowest BCUT2D eigenvalue weighted by Crippen LogP contribution is -2.54. The predicted molar refractivity (Wildman–Crippen MR) is 94.5 cm³/mol. The highest BCUT2D eigenvalue weighted by Crippen LogP contribution is 2.26. The maximum absolute atomic E-state index is 12.6. The molecule has 0 radical (unpaired) electrons. The van der Waals surface area contributed by atoms with E-state index in [0.29, 0.717) is 19.6 Å². The van der Waals surface area contributed by atoms with Gasteiger partial charge in [-0.05, 0) is 31.9 Å². The summed E-state index contributed by atoms with van der Waals surface area (Å²) in [6.45, 7) is 3.77. The lowest BCUT2D eigenvalue weighted by Gasteiger charge is -2.41. The number of rotatable bonds is 6. The zero-order chi connectivity index (χ0) is 17.7. The van der Waals surface area contributed by atoms with Crippen molar-refractivity contribution in [3.05, 3.63) is 48.0 Å². The third-order valence-corrected chi connectivity index (χ3v) is 4.74. The second-order valence-corrected chi connectivity index (χ2v) is 6.66. The summed E-state index contributed by atoms with van der Waals surface area (Å²) in [7, 11) is 1.70. The number of hydrogen-bond donors (Lipinski definition) is 1. The van der Waals surface area contributed by atoms with Crippen molar-refractivity contribution >= 4 is 5.91 Å². The Balaban J connectivity index is 1.61. The van der Waals surface area contributed by atoms with Crippen LogP contribution in [0, 0.1) is 6.92 Å². The number of aromatic amines is 1. The van der Waals surface area contributed by atoms with Crippen LogP contribution in [0.15, 0.2) is 36.8 Å². The minimum atomic E-state index is -0.465. The molecule has 1 fully saturated rings. The molecule has 0 unspecified atom stereocenters. The van der Waals surface area contributed by atoms with Gasteiger partial charge in [0.25, 0.3) is 0 Å². The van der Waals surface area contributed by atoms with Gasteiger partial charge in [0, 0.05) is 25.5 Å². The maximum Gasteiger partial charge on any atom is 0.228 e. The Hall–Kier alpha value is -2.34. The van der Waals surface area contributed by atoms with Gasteiger partial charge in [-0.15, -0.1) is 0 Å². The molecule has 2 heterocycles. The van der Waals surface area contributed by atoms with Crippen LogP contribution in [0.4, 0.5) is 0 Å². The summed E-state index contributed by atoms with van der Waals surface area (Å²) >= 11 is 0. The van der Waals surface area contributed by atoms with E-state index in [9.17, 15) is 4.79 Å². The number of H-pyrrole nitrogens is 1. The molecule has 6 nitrogen and oxygen atoms in total. The van der Waals surface area contributed by atoms with Crippen molar-refractivity contribution in [1.82, 2.24) is 14.9 Å². The fourth-order valence-electron chi connectivity index (χ4n) is 3.16. The summed E-state index contributed by atoms with van der Waals surface area (Å²) in [5, 5.41) is 0. The number of hydrogen-bond acceptors (Lipinski definition) is 4. The summed E-state index contributed by atoms with van der Waals surface area (Å²) in [4.78, 5) is 21.4. The molecule has 1 aromatic heterocycles. The number of aryl methyl sites for hydroxylation is 1. The Morgan fingerprint density at radius 3 is 2.84 bits per heavy atom. The highest BCUT2D eigenvalue weighted by atomic mass is 16.5. The molecule has 134 valence electrons. The van der Waals surface area contributed by atoms with Crippen molar-refractivity contribution in [3.8, 4) is 5.75 Å². The van der Waals surface area contributed by atoms with Crippen LogP contribution < -0.4 is 4.74 Å². The first-order chi connectivity index (χ1) is 12.1. The van der Waals surface area contributed by atoms with Crippen LogP contribution in [0.5, 0.6) is 5.75 Å². The molecule has 0 saturated carbocycles. The smallest absolute Gasteiger partial charge is 0.228 e. The van der Waals surface area contributed by atoms with E-state index >= 15 is 0 Å². The number of ether oxygens (including phenoxy) is 2. The molecule has 1 saturated heterocycles. The number of piperidine rings is 1. The number of amides is 1. The van der Waals surface area contributed by atoms with E-state index in [0.717, 1.165) is 30.8 Å². The molecule has 1 N–H and O–H groups in total. The molecule has 6 heteroatoms.